The Balaban J connectivity index is 1.70. The molecular formula is C30H50O5. The highest BCUT2D eigenvalue weighted by Crippen LogP contribution is 2.67. The van der Waals surface area contributed by atoms with Gasteiger partial charge in [-0.2, -0.15) is 0 Å². The van der Waals surface area contributed by atoms with Crippen LogP contribution >= 0.6 is 0 Å². The standard InChI is InChI=1S/C30H50O5/c1-16(2)17(3)8-9-18(4)25-24(33)15-23-22-11-10-20-14-21(32)12-13-29(20,6)26(22)27(35-19(5)31)28(34)30(23,25)7/h10,16-18,21-28,32-34H,8-9,11-15H2,1-7H3/t17?,18?,21-,22-,23-,24?,25-,26+,27+,28+,29-,30-/m0/s1. The Hall–Kier alpha value is -0.910. The van der Waals surface area contributed by atoms with Crippen molar-refractivity contribution >= 4 is 5.97 Å². The molecule has 0 bridgehead atoms. The van der Waals surface area contributed by atoms with Gasteiger partial charge in [-0.25, -0.2) is 0 Å². The van der Waals surface area contributed by atoms with E-state index in [0.29, 0.717) is 24.7 Å². The summed E-state index contributed by atoms with van der Waals surface area (Å²) in [6, 6.07) is 0. The molecule has 0 saturated heterocycles. The molecule has 4 aliphatic rings. The zero-order valence-electron chi connectivity index (χ0n) is 23.0. The molecule has 4 aliphatic carbocycles. The number of hydrogen-bond donors (Lipinski definition) is 3. The van der Waals surface area contributed by atoms with Crippen LogP contribution in [0.3, 0.4) is 0 Å². The molecule has 3 N–H and O–H groups in total. The summed E-state index contributed by atoms with van der Waals surface area (Å²) < 4.78 is 6.02. The third-order valence-electron chi connectivity index (χ3n) is 11.4. The van der Waals surface area contributed by atoms with Gasteiger partial charge in [0.2, 0.25) is 0 Å². The number of carbonyl (C=O) groups excluding carboxylic acids is 1. The summed E-state index contributed by atoms with van der Waals surface area (Å²) in [5.74, 6) is 1.60. The Labute approximate surface area is 212 Å². The average molecular weight is 491 g/mol. The number of allylic oxidation sites excluding steroid dienone is 1. The summed E-state index contributed by atoms with van der Waals surface area (Å²) in [5.41, 5.74) is 0.555. The summed E-state index contributed by atoms with van der Waals surface area (Å²) in [4.78, 5) is 12.3. The molecule has 0 aromatic heterocycles. The molecule has 0 heterocycles. The molecule has 0 aromatic rings. The van der Waals surface area contributed by atoms with Crippen molar-refractivity contribution in [1.82, 2.24) is 0 Å². The number of aliphatic hydroxyl groups is 3. The maximum Gasteiger partial charge on any atom is 0.303 e. The molecule has 5 heteroatoms. The zero-order valence-corrected chi connectivity index (χ0v) is 23.0. The molecule has 0 aliphatic heterocycles. The molecule has 0 radical (unpaired) electrons. The van der Waals surface area contributed by atoms with Gasteiger partial charge in [0.25, 0.3) is 0 Å². The van der Waals surface area contributed by atoms with Gasteiger partial charge in [0.05, 0.1) is 18.3 Å². The van der Waals surface area contributed by atoms with E-state index >= 15 is 0 Å². The van der Waals surface area contributed by atoms with Gasteiger partial charge in [-0.15, -0.1) is 0 Å². The van der Waals surface area contributed by atoms with Gasteiger partial charge in [-0.1, -0.05) is 66.0 Å². The van der Waals surface area contributed by atoms with Crippen molar-refractivity contribution < 1.29 is 24.9 Å². The first-order valence-corrected chi connectivity index (χ1v) is 14.2. The van der Waals surface area contributed by atoms with Crippen molar-refractivity contribution in [3.63, 3.8) is 0 Å². The zero-order chi connectivity index (χ0) is 25.9. The van der Waals surface area contributed by atoms with E-state index in [4.69, 9.17) is 4.74 Å². The third-order valence-corrected chi connectivity index (χ3v) is 11.4. The van der Waals surface area contributed by atoms with Crippen LogP contribution < -0.4 is 0 Å². The lowest BCUT2D eigenvalue weighted by Gasteiger charge is -2.62. The van der Waals surface area contributed by atoms with Gasteiger partial charge in [0, 0.05) is 18.3 Å². The number of fused-ring (bicyclic) bond motifs is 5. The first-order valence-electron chi connectivity index (χ1n) is 14.2. The van der Waals surface area contributed by atoms with Crippen LogP contribution in [0.4, 0.5) is 0 Å². The van der Waals surface area contributed by atoms with Gasteiger partial charge < -0.3 is 20.1 Å². The summed E-state index contributed by atoms with van der Waals surface area (Å²) in [5, 5.41) is 33.9. The number of ether oxygens (including phenoxy) is 1. The van der Waals surface area contributed by atoms with Crippen LogP contribution in [-0.2, 0) is 9.53 Å². The lowest BCUT2D eigenvalue weighted by atomic mass is 9.45. The fourth-order valence-corrected chi connectivity index (χ4v) is 9.12. The van der Waals surface area contributed by atoms with Crippen LogP contribution in [0.1, 0.15) is 93.4 Å². The van der Waals surface area contributed by atoms with Crippen LogP contribution in [0.2, 0.25) is 0 Å². The molecule has 12 atom stereocenters. The lowest BCUT2D eigenvalue weighted by molar-refractivity contribution is -0.220. The van der Waals surface area contributed by atoms with E-state index in [1.807, 2.05) is 0 Å². The van der Waals surface area contributed by atoms with Gasteiger partial charge in [0.15, 0.2) is 0 Å². The van der Waals surface area contributed by atoms with E-state index in [9.17, 15) is 20.1 Å². The minimum atomic E-state index is -0.812. The molecule has 35 heavy (non-hydrogen) atoms. The average Bonchev–Trinajstić information content (AvgIpc) is 3.06. The largest absolute Gasteiger partial charge is 0.459 e. The molecule has 0 spiro atoms. The first-order chi connectivity index (χ1) is 16.3. The Bertz CT molecular complexity index is 822. The van der Waals surface area contributed by atoms with Crippen LogP contribution in [-0.4, -0.2) is 45.7 Å². The van der Waals surface area contributed by atoms with Crippen LogP contribution in [0.25, 0.3) is 0 Å². The van der Waals surface area contributed by atoms with Crippen LogP contribution in [0, 0.1) is 52.3 Å². The van der Waals surface area contributed by atoms with E-state index in [2.05, 4.69) is 47.6 Å². The second-order valence-corrected chi connectivity index (χ2v) is 13.6. The van der Waals surface area contributed by atoms with E-state index in [1.165, 1.54) is 12.5 Å². The maximum absolute atomic E-state index is 12.3. The third kappa shape index (κ3) is 4.42. The van der Waals surface area contributed by atoms with Crippen molar-refractivity contribution in [1.29, 1.82) is 0 Å². The molecule has 4 rings (SSSR count). The molecule has 3 saturated carbocycles. The van der Waals surface area contributed by atoms with E-state index in [0.717, 1.165) is 32.1 Å². The highest BCUT2D eigenvalue weighted by molar-refractivity contribution is 5.66. The minimum absolute atomic E-state index is 0.00851. The second kappa shape index (κ2) is 9.76. The molecule has 3 fully saturated rings. The van der Waals surface area contributed by atoms with Crippen molar-refractivity contribution in [3.8, 4) is 0 Å². The van der Waals surface area contributed by atoms with Crippen molar-refractivity contribution in [2.45, 2.75) is 118 Å². The van der Waals surface area contributed by atoms with Gasteiger partial charge >= 0.3 is 5.97 Å². The second-order valence-electron chi connectivity index (χ2n) is 13.6. The Morgan fingerprint density at radius 3 is 2.46 bits per heavy atom. The fourth-order valence-electron chi connectivity index (χ4n) is 9.12. The number of carbonyl (C=O) groups is 1. The van der Waals surface area contributed by atoms with Crippen molar-refractivity contribution in [2.24, 2.45) is 52.3 Å². The number of esters is 1. The molecule has 0 amide bonds. The van der Waals surface area contributed by atoms with Gasteiger partial charge in [-0.05, 0) is 73.0 Å². The summed E-state index contributed by atoms with van der Waals surface area (Å²) in [6.07, 6.45) is 6.13. The highest BCUT2D eigenvalue weighted by atomic mass is 16.6. The maximum atomic E-state index is 12.3. The Kier molecular flexibility index (Phi) is 7.57. The Morgan fingerprint density at radius 2 is 1.83 bits per heavy atom. The molecule has 200 valence electrons. The minimum Gasteiger partial charge on any atom is -0.459 e. The topological polar surface area (TPSA) is 87.0 Å². The van der Waals surface area contributed by atoms with E-state index in [1.54, 1.807) is 0 Å². The quantitative estimate of drug-likeness (QED) is 0.355. The highest BCUT2D eigenvalue weighted by Gasteiger charge is 2.69. The predicted molar refractivity (Wildman–Crippen MR) is 137 cm³/mol. The number of aliphatic hydroxyl groups excluding tert-OH is 3. The van der Waals surface area contributed by atoms with Crippen LogP contribution in [0.5, 0.6) is 0 Å². The smallest absolute Gasteiger partial charge is 0.303 e. The predicted octanol–water partition coefficient (Wildman–Crippen LogP) is 5.12. The van der Waals surface area contributed by atoms with E-state index in [-0.39, 0.29) is 47.1 Å². The van der Waals surface area contributed by atoms with Crippen LogP contribution in [0.15, 0.2) is 11.6 Å². The summed E-state index contributed by atoms with van der Waals surface area (Å²) in [7, 11) is 0. The molecule has 5 nitrogen and oxygen atoms in total. The summed E-state index contributed by atoms with van der Waals surface area (Å²) >= 11 is 0. The fraction of sp³-hybridized carbons (Fsp3) is 0.900. The molecule has 3 unspecified atom stereocenters. The van der Waals surface area contributed by atoms with Crippen molar-refractivity contribution in [3.05, 3.63) is 11.6 Å². The lowest BCUT2D eigenvalue weighted by Crippen LogP contribution is -2.65. The van der Waals surface area contributed by atoms with Gasteiger partial charge in [-0.3, -0.25) is 4.79 Å². The molecular weight excluding hydrogens is 440 g/mol. The number of hydrogen-bond acceptors (Lipinski definition) is 5. The first kappa shape index (κ1) is 27.1. The summed E-state index contributed by atoms with van der Waals surface area (Å²) in [6.45, 7) is 15.0. The van der Waals surface area contributed by atoms with Crippen molar-refractivity contribution in [2.75, 3.05) is 0 Å². The SMILES string of the molecule is CC(=O)O[C@@H]1[C@H]2[C@@H](CC=C3C[C@@H](O)CC[C@@]32C)[C@@H]2CC(O)[C@H](C(C)CCC(C)C(C)C)[C@@]2(C)[C@@H]1O. The van der Waals surface area contributed by atoms with Gasteiger partial charge in [0.1, 0.15) is 6.10 Å². The number of rotatable bonds is 6. The Morgan fingerprint density at radius 1 is 1.14 bits per heavy atom. The monoisotopic (exact) mass is 490 g/mol. The normalized spacial score (nSPS) is 46.8. The van der Waals surface area contributed by atoms with E-state index < -0.39 is 23.7 Å². The molecule has 0 aromatic carbocycles.